The van der Waals surface area contributed by atoms with E-state index in [1.165, 1.54) is 0 Å². The van der Waals surface area contributed by atoms with Gasteiger partial charge in [0.25, 0.3) is 0 Å². The molecule has 0 saturated heterocycles. The van der Waals surface area contributed by atoms with Gasteiger partial charge < -0.3 is 16.0 Å². The summed E-state index contributed by atoms with van der Waals surface area (Å²) < 4.78 is 0.849. The molecule has 0 saturated carbocycles. The fourth-order valence-electron chi connectivity index (χ4n) is 1.35. The van der Waals surface area contributed by atoms with Crippen LogP contribution in [0.25, 0.3) is 0 Å². The highest BCUT2D eigenvalue weighted by Crippen LogP contribution is 2.28. The number of nitrogens with two attached hydrogens (primary N) is 1. The van der Waals surface area contributed by atoms with Gasteiger partial charge in [0.05, 0.1) is 5.69 Å². The predicted molar refractivity (Wildman–Crippen MR) is 81.0 cm³/mol. The summed E-state index contributed by atoms with van der Waals surface area (Å²) >= 11 is 9.37. The Hall–Kier alpha value is -1.60. The van der Waals surface area contributed by atoms with Crippen LogP contribution in [0.2, 0.25) is 5.02 Å². The Morgan fingerprint density at radius 2 is 2.00 bits per heavy atom. The molecule has 100 valence electrons. The van der Waals surface area contributed by atoms with Crippen LogP contribution in [0.4, 0.5) is 23.5 Å². The number of nitrogen functional groups attached to an aromatic ring is 1. The molecule has 1 aromatic carbocycles. The van der Waals surface area contributed by atoms with Crippen molar-refractivity contribution in [2.45, 2.75) is 0 Å². The van der Waals surface area contributed by atoms with Crippen molar-refractivity contribution < 1.29 is 0 Å². The molecule has 8 heteroatoms. The van der Waals surface area contributed by atoms with E-state index in [9.17, 15) is 0 Å². The molecule has 0 unspecified atom stereocenters. The molecule has 0 aliphatic heterocycles. The Labute approximate surface area is 124 Å². The van der Waals surface area contributed by atoms with Crippen LogP contribution in [0.3, 0.4) is 0 Å². The molecule has 3 N–H and O–H groups in total. The molecule has 6 nitrogen and oxygen atoms in total. The molecule has 0 bridgehead atoms. The first kappa shape index (κ1) is 13.8. The maximum absolute atomic E-state index is 5.95. The molecule has 1 heterocycles. The van der Waals surface area contributed by atoms with E-state index in [0.29, 0.717) is 16.9 Å². The number of aromatic nitrogens is 3. The highest BCUT2D eigenvalue weighted by atomic mass is 79.9. The minimum absolute atomic E-state index is 0.152. The van der Waals surface area contributed by atoms with E-state index in [0.717, 1.165) is 10.2 Å². The minimum atomic E-state index is 0.152. The minimum Gasteiger partial charge on any atom is -0.368 e. The number of benzene rings is 1. The standard InChI is InChI=1S/C11H12BrClN6/c1-19(2)11-17-9(14)16-10(18-11)15-8-5-6(13)3-4-7(8)12/h3-5H,1-2H3,(H3,14,15,16,17,18). The molecule has 0 aliphatic carbocycles. The number of hydrogen-bond acceptors (Lipinski definition) is 6. The molecular weight excluding hydrogens is 332 g/mol. The molecule has 1 aromatic heterocycles. The van der Waals surface area contributed by atoms with Crippen molar-refractivity contribution >= 4 is 51.1 Å². The third-order valence-electron chi connectivity index (χ3n) is 2.22. The normalized spacial score (nSPS) is 10.3. The van der Waals surface area contributed by atoms with Crippen LogP contribution in [0.5, 0.6) is 0 Å². The number of anilines is 4. The topological polar surface area (TPSA) is 80.0 Å². The fourth-order valence-corrected chi connectivity index (χ4v) is 1.87. The zero-order valence-corrected chi connectivity index (χ0v) is 12.7. The van der Waals surface area contributed by atoms with E-state index in [2.05, 4.69) is 36.2 Å². The molecule has 0 atom stereocenters. The molecule has 2 rings (SSSR count). The Morgan fingerprint density at radius 1 is 1.26 bits per heavy atom. The zero-order valence-electron chi connectivity index (χ0n) is 10.4. The third kappa shape index (κ3) is 3.45. The van der Waals surface area contributed by atoms with Crippen LogP contribution in [-0.4, -0.2) is 29.0 Å². The molecular formula is C11H12BrClN6. The van der Waals surface area contributed by atoms with Crippen LogP contribution in [0.1, 0.15) is 0 Å². The first-order valence-electron chi connectivity index (χ1n) is 5.36. The monoisotopic (exact) mass is 342 g/mol. The second kappa shape index (κ2) is 5.58. The zero-order chi connectivity index (χ0) is 14.0. The SMILES string of the molecule is CN(C)c1nc(N)nc(Nc2cc(Cl)ccc2Br)n1. The summed E-state index contributed by atoms with van der Waals surface area (Å²) in [7, 11) is 3.65. The first-order chi connectivity index (χ1) is 8.95. The Bertz CT molecular complexity index is 604. The number of halogens is 2. The molecule has 0 fully saturated rings. The van der Waals surface area contributed by atoms with Gasteiger partial charge in [0.15, 0.2) is 0 Å². The average Bonchev–Trinajstić information content (AvgIpc) is 2.33. The van der Waals surface area contributed by atoms with Gasteiger partial charge in [-0.15, -0.1) is 0 Å². The lowest BCUT2D eigenvalue weighted by Crippen LogP contribution is -2.15. The number of nitrogens with one attached hydrogen (secondary N) is 1. The maximum atomic E-state index is 5.95. The maximum Gasteiger partial charge on any atom is 0.233 e. The van der Waals surface area contributed by atoms with Crippen molar-refractivity contribution in [2.75, 3.05) is 30.0 Å². The van der Waals surface area contributed by atoms with E-state index < -0.39 is 0 Å². The summed E-state index contributed by atoms with van der Waals surface area (Å²) in [5.41, 5.74) is 6.40. The number of hydrogen-bond donors (Lipinski definition) is 2. The van der Waals surface area contributed by atoms with Crippen LogP contribution in [0, 0.1) is 0 Å². The van der Waals surface area contributed by atoms with Crippen LogP contribution < -0.4 is 16.0 Å². The largest absolute Gasteiger partial charge is 0.368 e. The van der Waals surface area contributed by atoms with Gasteiger partial charge in [0, 0.05) is 23.6 Å². The van der Waals surface area contributed by atoms with Crippen molar-refractivity contribution in [3.8, 4) is 0 Å². The van der Waals surface area contributed by atoms with Crippen molar-refractivity contribution in [1.29, 1.82) is 0 Å². The molecule has 19 heavy (non-hydrogen) atoms. The molecule has 0 amide bonds. The van der Waals surface area contributed by atoms with Crippen LogP contribution in [-0.2, 0) is 0 Å². The first-order valence-corrected chi connectivity index (χ1v) is 6.54. The predicted octanol–water partition coefficient (Wildman–Crippen LogP) is 2.68. The number of nitrogens with zero attached hydrogens (tertiary/aromatic N) is 4. The van der Waals surface area contributed by atoms with Gasteiger partial charge in [0.2, 0.25) is 17.8 Å². The van der Waals surface area contributed by atoms with E-state index in [-0.39, 0.29) is 5.95 Å². The molecule has 2 aromatic rings. The van der Waals surface area contributed by atoms with Crippen LogP contribution >= 0.6 is 27.5 Å². The molecule has 0 radical (unpaired) electrons. The van der Waals surface area contributed by atoms with E-state index >= 15 is 0 Å². The van der Waals surface area contributed by atoms with Gasteiger partial charge in [-0.3, -0.25) is 0 Å². The summed E-state index contributed by atoms with van der Waals surface area (Å²) in [6.07, 6.45) is 0. The van der Waals surface area contributed by atoms with Crippen LogP contribution in [0.15, 0.2) is 22.7 Å². The second-order valence-electron chi connectivity index (χ2n) is 3.96. The summed E-state index contributed by atoms with van der Waals surface area (Å²) in [5, 5.41) is 3.66. The summed E-state index contributed by atoms with van der Waals surface area (Å²) in [6.45, 7) is 0. The van der Waals surface area contributed by atoms with Gasteiger partial charge in [-0.2, -0.15) is 15.0 Å². The van der Waals surface area contributed by atoms with Gasteiger partial charge in [-0.1, -0.05) is 11.6 Å². The highest BCUT2D eigenvalue weighted by molar-refractivity contribution is 9.10. The van der Waals surface area contributed by atoms with Gasteiger partial charge in [-0.25, -0.2) is 0 Å². The third-order valence-corrected chi connectivity index (χ3v) is 3.14. The van der Waals surface area contributed by atoms with E-state index in [1.54, 1.807) is 17.0 Å². The van der Waals surface area contributed by atoms with Gasteiger partial charge in [0.1, 0.15) is 0 Å². The molecule has 0 aliphatic rings. The second-order valence-corrected chi connectivity index (χ2v) is 5.25. The van der Waals surface area contributed by atoms with E-state index in [1.807, 2.05) is 20.2 Å². The molecule has 0 spiro atoms. The van der Waals surface area contributed by atoms with Crippen molar-refractivity contribution in [3.05, 3.63) is 27.7 Å². The van der Waals surface area contributed by atoms with Gasteiger partial charge in [-0.05, 0) is 34.1 Å². The van der Waals surface area contributed by atoms with Gasteiger partial charge >= 0.3 is 0 Å². The highest BCUT2D eigenvalue weighted by Gasteiger charge is 2.08. The summed E-state index contributed by atoms with van der Waals surface area (Å²) in [6, 6.07) is 5.38. The van der Waals surface area contributed by atoms with Crippen molar-refractivity contribution in [3.63, 3.8) is 0 Å². The van der Waals surface area contributed by atoms with Crippen molar-refractivity contribution in [2.24, 2.45) is 0 Å². The number of rotatable bonds is 3. The fraction of sp³-hybridized carbons (Fsp3) is 0.182. The Kier molecular flexibility index (Phi) is 4.06. The lowest BCUT2D eigenvalue weighted by Gasteiger charge is -2.13. The Morgan fingerprint density at radius 3 is 2.68 bits per heavy atom. The smallest absolute Gasteiger partial charge is 0.233 e. The summed E-state index contributed by atoms with van der Waals surface area (Å²) in [5.74, 6) is 0.992. The summed E-state index contributed by atoms with van der Waals surface area (Å²) in [4.78, 5) is 14.0. The average molecular weight is 344 g/mol. The van der Waals surface area contributed by atoms with Crippen molar-refractivity contribution in [1.82, 2.24) is 15.0 Å². The quantitative estimate of drug-likeness (QED) is 0.892. The van der Waals surface area contributed by atoms with E-state index in [4.69, 9.17) is 17.3 Å². The lowest BCUT2D eigenvalue weighted by molar-refractivity contribution is 0.969. The lowest BCUT2D eigenvalue weighted by atomic mass is 10.3. The Balaban J connectivity index is 2.35.